The number of imidazole rings is 1. The molecule has 0 fully saturated rings. The molecule has 4 aromatic rings. The fraction of sp³-hybridized carbons (Fsp3) is 0. The molecule has 0 unspecified atom stereocenters. The van der Waals surface area contributed by atoms with E-state index in [-0.39, 0.29) is 0 Å². The van der Waals surface area contributed by atoms with Gasteiger partial charge in [0.25, 0.3) is 0 Å². The van der Waals surface area contributed by atoms with E-state index in [0.717, 1.165) is 28.1 Å². The van der Waals surface area contributed by atoms with Gasteiger partial charge in [0.1, 0.15) is 5.82 Å². The van der Waals surface area contributed by atoms with E-state index in [9.17, 15) is 0 Å². The lowest BCUT2D eigenvalue weighted by Crippen LogP contribution is -1.97. The van der Waals surface area contributed by atoms with Gasteiger partial charge in [-0.1, -0.05) is 48.5 Å². The largest absolute Gasteiger partial charge is 0.291 e. The Kier molecular flexibility index (Phi) is 3.45. The monoisotopic (exact) mass is 297 g/mol. The van der Waals surface area contributed by atoms with Crippen molar-refractivity contribution in [2.75, 3.05) is 0 Å². The molecule has 0 bridgehead atoms. The zero-order valence-corrected chi connectivity index (χ0v) is 12.5. The van der Waals surface area contributed by atoms with Crippen LogP contribution in [0.1, 0.15) is 11.4 Å². The van der Waals surface area contributed by atoms with Crippen LogP contribution in [0.3, 0.4) is 0 Å². The molecule has 110 valence electrons. The number of hydrogen-bond donors (Lipinski definition) is 0. The number of nitrogens with zero attached hydrogens (tertiary/aromatic N) is 3. The van der Waals surface area contributed by atoms with E-state index < -0.39 is 0 Å². The van der Waals surface area contributed by atoms with Crippen molar-refractivity contribution in [2.45, 2.75) is 0 Å². The summed E-state index contributed by atoms with van der Waals surface area (Å²) in [5, 5.41) is 0. The van der Waals surface area contributed by atoms with E-state index in [1.165, 1.54) is 0 Å². The van der Waals surface area contributed by atoms with Crippen LogP contribution in [-0.2, 0) is 0 Å². The zero-order chi connectivity index (χ0) is 15.5. The first kappa shape index (κ1) is 13.5. The van der Waals surface area contributed by atoms with E-state index in [2.05, 4.69) is 33.8 Å². The minimum Gasteiger partial charge on any atom is -0.291 e. The molecule has 0 atom stereocenters. The van der Waals surface area contributed by atoms with Crippen LogP contribution in [0.15, 0.2) is 79.1 Å². The molecule has 2 aromatic heterocycles. The number of benzene rings is 2. The Hall–Kier alpha value is -3.20. The summed E-state index contributed by atoms with van der Waals surface area (Å²) in [6.07, 6.45) is 7.76. The van der Waals surface area contributed by atoms with Gasteiger partial charge in [0, 0.05) is 6.20 Å². The summed E-state index contributed by atoms with van der Waals surface area (Å²) in [6, 6.07) is 22.4. The Bertz CT molecular complexity index is 954. The van der Waals surface area contributed by atoms with Gasteiger partial charge in [-0.2, -0.15) is 0 Å². The molecule has 0 spiro atoms. The first-order chi connectivity index (χ1) is 11.4. The van der Waals surface area contributed by atoms with Gasteiger partial charge in [0.15, 0.2) is 0 Å². The van der Waals surface area contributed by atoms with Crippen molar-refractivity contribution in [2.24, 2.45) is 0 Å². The van der Waals surface area contributed by atoms with Crippen molar-refractivity contribution in [1.82, 2.24) is 14.5 Å². The van der Waals surface area contributed by atoms with Crippen LogP contribution in [0.2, 0.25) is 0 Å². The lowest BCUT2D eigenvalue weighted by atomic mass is 10.2. The highest BCUT2D eigenvalue weighted by Crippen LogP contribution is 2.22. The van der Waals surface area contributed by atoms with Crippen LogP contribution in [0.25, 0.3) is 28.9 Å². The van der Waals surface area contributed by atoms with Gasteiger partial charge in [-0.15, -0.1) is 0 Å². The average molecular weight is 297 g/mol. The second kappa shape index (κ2) is 5.89. The molecule has 0 radical (unpaired) electrons. The van der Waals surface area contributed by atoms with Crippen LogP contribution in [0.5, 0.6) is 0 Å². The Balaban J connectivity index is 1.88. The molecule has 0 saturated carbocycles. The highest BCUT2D eigenvalue weighted by Gasteiger charge is 2.09. The summed E-state index contributed by atoms with van der Waals surface area (Å²) in [5.41, 5.74) is 4.21. The summed E-state index contributed by atoms with van der Waals surface area (Å²) in [7, 11) is 0. The molecule has 0 N–H and O–H groups in total. The van der Waals surface area contributed by atoms with Crippen molar-refractivity contribution < 1.29 is 0 Å². The summed E-state index contributed by atoms with van der Waals surface area (Å²) in [5.74, 6) is 0.892. The van der Waals surface area contributed by atoms with E-state index in [1.807, 2.05) is 60.8 Å². The van der Waals surface area contributed by atoms with Crippen LogP contribution in [0, 0.1) is 0 Å². The molecule has 23 heavy (non-hydrogen) atoms. The topological polar surface area (TPSA) is 30.7 Å². The minimum atomic E-state index is 0.892. The van der Waals surface area contributed by atoms with Crippen molar-refractivity contribution in [3.05, 3.63) is 90.5 Å². The van der Waals surface area contributed by atoms with Gasteiger partial charge < -0.3 is 0 Å². The van der Waals surface area contributed by atoms with Crippen molar-refractivity contribution >= 4 is 23.2 Å². The lowest BCUT2D eigenvalue weighted by Gasteiger charge is -2.06. The van der Waals surface area contributed by atoms with Gasteiger partial charge in [0.2, 0.25) is 0 Å². The van der Waals surface area contributed by atoms with Crippen LogP contribution in [-0.4, -0.2) is 14.5 Å². The Labute approximate surface area is 134 Å². The lowest BCUT2D eigenvalue weighted by molar-refractivity contribution is 1.05. The number of para-hydroxylation sites is 2. The number of rotatable bonds is 3. The summed E-state index contributed by atoms with van der Waals surface area (Å²) in [6.45, 7) is 0. The van der Waals surface area contributed by atoms with Crippen molar-refractivity contribution in [3.8, 4) is 5.69 Å². The smallest absolute Gasteiger partial charge is 0.138 e. The zero-order valence-electron chi connectivity index (χ0n) is 12.5. The van der Waals surface area contributed by atoms with Crippen molar-refractivity contribution in [1.29, 1.82) is 0 Å². The van der Waals surface area contributed by atoms with Crippen LogP contribution < -0.4 is 0 Å². The SMILES string of the molecule is C(=Cc1nc2ccccc2n1-c1cccnc1)c1ccccc1. The Morgan fingerprint density at radius 2 is 1.61 bits per heavy atom. The predicted octanol–water partition coefficient (Wildman–Crippen LogP) is 4.59. The molecular formula is C20H15N3. The first-order valence-corrected chi connectivity index (χ1v) is 7.53. The third-order valence-electron chi connectivity index (χ3n) is 3.72. The molecular weight excluding hydrogens is 282 g/mol. The van der Waals surface area contributed by atoms with Crippen molar-refractivity contribution in [3.63, 3.8) is 0 Å². The van der Waals surface area contributed by atoms with E-state index in [0.29, 0.717) is 0 Å². The molecule has 0 aliphatic carbocycles. The number of hydrogen-bond acceptors (Lipinski definition) is 2. The fourth-order valence-corrected chi connectivity index (χ4v) is 2.65. The maximum Gasteiger partial charge on any atom is 0.138 e. The van der Waals surface area contributed by atoms with Gasteiger partial charge >= 0.3 is 0 Å². The molecule has 3 nitrogen and oxygen atoms in total. The molecule has 0 aliphatic heterocycles. The molecule has 2 heterocycles. The minimum absolute atomic E-state index is 0.892. The van der Waals surface area contributed by atoms with Crippen LogP contribution >= 0.6 is 0 Å². The highest BCUT2D eigenvalue weighted by atomic mass is 15.1. The van der Waals surface area contributed by atoms with Gasteiger partial charge in [-0.25, -0.2) is 4.98 Å². The number of fused-ring (bicyclic) bond motifs is 1. The van der Waals surface area contributed by atoms with E-state index >= 15 is 0 Å². The molecule has 0 amide bonds. The molecule has 0 aliphatic rings. The quantitative estimate of drug-likeness (QED) is 0.553. The standard InChI is InChI=1S/C20H15N3/c1-2-7-16(8-3-1)12-13-20-22-18-10-4-5-11-19(18)23(20)17-9-6-14-21-15-17/h1-15H. The highest BCUT2D eigenvalue weighted by molar-refractivity contribution is 5.82. The number of aromatic nitrogens is 3. The molecule has 4 rings (SSSR count). The second-order valence-corrected chi connectivity index (χ2v) is 5.25. The molecule has 2 aromatic carbocycles. The maximum atomic E-state index is 4.75. The second-order valence-electron chi connectivity index (χ2n) is 5.25. The first-order valence-electron chi connectivity index (χ1n) is 7.53. The Morgan fingerprint density at radius 1 is 0.783 bits per heavy atom. The van der Waals surface area contributed by atoms with Gasteiger partial charge in [-0.05, 0) is 35.9 Å². The Morgan fingerprint density at radius 3 is 2.43 bits per heavy atom. The van der Waals surface area contributed by atoms with Crippen LogP contribution in [0.4, 0.5) is 0 Å². The third kappa shape index (κ3) is 2.64. The normalized spacial score (nSPS) is 11.3. The fourth-order valence-electron chi connectivity index (χ4n) is 2.65. The average Bonchev–Trinajstić information content (AvgIpc) is 3.00. The van der Waals surface area contributed by atoms with Gasteiger partial charge in [-0.3, -0.25) is 9.55 Å². The molecule has 3 heteroatoms. The summed E-state index contributed by atoms with van der Waals surface area (Å²) in [4.78, 5) is 8.99. The summed E-state index contributed by atoms with van der Waals surface area (Å²) < 4.78 is 2.13. The predicted molar refractivity (Wildman–Crippen MR) is 94.2 cm³/mol. The molecule has 0 saturated heterocycles. The number of pyridine rings is 1. The maximum absolute atomic E-state index is 4.75. The van der Waals surface area contributed by atoms with Gasteiger partial charge in [0.05, 0.1) is 22.9 Å². The van der Waals surface area contributed by atoms with E-state index in [1.54, 1.807) is 6.20 Å². The summed E-state index contributed by atoms with van der Waals surface area (Å²) >= 11 is 0. The van der Waals surface area contributed by atoms with E-state index in [4.69, 9.17) is 4.98 Å². The third-order valence-corrected chi connectivity index (χ3v) is 3.72.